The number of hydrogen-bond donors (Lipinski definition) is 3. The van der Waals surface area contributed by atoms with E-state index in [1.165, 1.54) is 49.6 Å². The second-order valence-corrected chi connectivity index (χ2v) is 6.85. The van der Waals surface area contributed by atoms with E-state index in [0.29, 0.717) is 11.7 Å². The van der Waals surface area contributed by atoms with Crippen molar-refractivity contribution in [1.29, 1.82) is 0 Å². The van der Waals surface area contributed by atoms with Crippen LogP contribution in [0.25, 0.3) is 6.08 Å². The lowest BCUT2D eigenvalue weighted by Crippen LogP contribution is -2.40. The van der Waals surface area contributed by atoms with Gasteiger partial charge in [0.1, 0.15) is 5.69 Å². The predicted molar refractivity (Wildman–Crippen MR) is 101 cm³/mol. The molecule has 1 aliphatic carbocycles. The van der Waals surface area contributed by atoms with Crippen LogP contribution in [-0.4, -0.2) is 21.4 Å². The van der Waals surface area contributed by atoms with Gasteiger partial charge in [-0.05, 0) is 56.5 Å². The van der Waals surface area contributed by atoms with Crippen molar-refractivity contribution in [2.45, 2.75) is 52.0 Å². The number of hydrazine groups is 1. The number of rotatable bonds is 4. The molecule has 26 heavy (non-hydrogen) atoms. The fraction of sp³-hybridized carbons (Fsp3) is 0.400. The Morgan fingerprint density at radius 2 is 1.96 bits per heavy atom. The molecule has 1 fully saturated rings. The number of carbonyl (C=O) groups excluding carboxylic acids is 2. The Hall–Kier alpha value is -2.76. The highest BCUT2D eigenvalue weighted by molar-refractivity contribution is 5.97. The molecule has 6 heteroatoms. The SMILES string of the molecule is Cc1cc(C=CC(=O)NNC(=O)c2ccc[nH]2)c(C)n1C1CCCCC1. The van der Waals surface area contributed by atoms with Crippen molar-refractivity contribution in [1.82, 2.24) is 20.4 Å². The second-order valence-electron chi connectivity index (χ2n) is 6.85. The Balaban J connectivity index is 1.61. The first-order valence-corrected chi connectivity index (χ1v) is 9.16. The Morgan fingerprint density at radius 3 is 2.65 bits per heavy atom. The maximum absolute atomic E-state index is 12.0. The normalized spacial score (nSPS) is 15.3. The van der Waals surface area contributed by atoms with Gasteiger partial charge >= 0.3 is 0 Å². The maximum atomic E-state index is 12.0. The molecular weight excluding hydrogens is 328 g/mol. The van der Waals surface area contributed by atoms with Gasteiger partial charge in [-0.25, -0.2) is 0 Å². The van der Waals surface area contributed by atoms with Crippen LogP contribution >= 0.6 is 0 Å². The molecule has 2 heterocycles. The lowest BCUT2D eigenvalue weighted by molar-refractivity contribution is -0.117. The number of nitrogens with one attached hydrogen (secondary N) is 3. The number of aromatic nitrogens is 2. The van der Waals surface area contributed by atoms with Gasteiger partial charge in [0.25, 0.3) is 11.8 Å². The van der Waals surface area contributed by atoms with Gasteiger partial charge in [0.2, 0.25) is 0 Å². The Morgan fingerprint density at radius 1 is 1.19 bits per heavy atom. The second kappa shape index (κ2) is 8.08. The molecule has 0 spiro atoms. The minimum absolute atomic E-state index is 0.368. The van der Waals surface area contributed by atoms with Crippen LogP contribution in [0.2, 0.25) is 0 Å². The summed E-state index contributed by atoms with van der Waals surface area (Å²) in [5.74, 6) is -0.750. The molecule has 0 aliphatic heterocycles. The van der Waals surface area contributed by atoms with Crippen molar-refractivity contribution in [2.75, 3.05) is 0 Å². The topological polar surface area (TPSA) is 78.9 Å². The third-order valence-electron chi connectivity index (χ3n) is 5.02. The summed E-state index contributed by atoms with van der Waals surface area (Å²) in [5, 5.41) is 0. The zero-order chi connectivity index (χ0) is 18.5. The zero-order valence-corrected chi connectivity index (χ0v) is 15.3. The molecule has 0 bridgehead atoms. The zero-order valence-electron chi connectivity index (χ0n) is 15.3. The number of nitrogens with zero attached hydrogens (tertiary/aromatic N) is 1. The molecule has 6 nitrogen and oxygen atoms in total. The lowest BCUT2D eigenvalue weighted by Gasteiger charge is -2.26. The number of carbonyl (C=O) groups is 2. The van der Waals surface area contributed by atoms with Crippen LogP contribution in [0.3, 0.4) is 0 Å². The van der Waals surface area contributed by atoms with Crippen LogP contribution in [0.1, 0.15) is 65.6 Å². The summed E-state index contributed by atoms with van der Waals surface area (Å²) >= 11 is 0. The average molecular weight is 354 g/mol. The molecule has 0 saturated heterocycles. The summed E-state index contributed by atoms with van der Waals surface area (Å²) in [4.78, 5) is 26.5. The highest BCUT2D eigenvalue weighted by Crippen LogP contribution is 2.32. The predicted octanol–water partition coefficient (Wildman–Crippen LogP) is 3.41. The molecule has 1 saturated carbocycles. The molecule has 0 unspecified atom stereocenters. The van der Waals surface area contributed by atoms with Gasteiger partial charge in [-0.3, -0.25) is 20.4 Å². The van der Waals surface area contributed by atoms with Crippen molar-refractivity contribution in [3.63, 3.8) is 0 Å². The first-order chi connectivity index (χ1) is 12.6. The van der Waals surface area contributed by atoms with Gasteiger partial charge in [-0.15, -0.1) is 0 Å². The van der Waals surface area contributed by atoms with E-state index >= 15 is 0 Å². The number of aromatic amines is 1. The molecule has 3 N–H and O–H groups in total. The first-order valence-electron chi connectivity index (χ1n) is 9.16. The number of hydrogen-bond acceptors (Lipinski definition) is 2. The van der Waals surface area contributed by atoms with Crippen LogP contribution in [0.15, 0.2) is 30.5 Å². The van der Waals surface area contributed by atoms with E-state index in [-0.39, 0.29) is 11.8 Å². The van der Waals surface area contributed by atoms with Crippen LogP contribution in [0, 0.1) is 13.8 Å². The van der Waals surface area contributed by atoms with Crippen LogP contribution < -0.4 is 10.9 Å². The highest BCUT2D eigenvalue weighted by Gasteiger charge is 2.19. The minimum atomic E-state index is -0.382. The van der Waals surface area contributed by atoms with Gasteiger partial charge in [0.05, 0.1) is 0 Å². The Bertz CT molecular complexity index is 796. The third-order valence-corrected chi connectivity index (χ3v) is 5.02. The van der Waals surface area contributed by atoms with E-state index in [0.717, 1.165) is 5.56 Å². The molecule has 2 aromatic heterocycles. The van der Waals surface area contributed by atoms with E-state index < -0.39 is 0 Å². The summed E-state index contributed by atoms with van der Waals surface area (Å²) < 4.78 is 2.41. The lowest BCUT2D eigenvalue weighted by atomic mass is 9.95. The molecule has 0 atom stereocenters. The summed E-state index contributed by atoms with van der Waals surface area (Å²) in [7, 11) is 0. The molecule has 2 amide bonds. The summed E-state index contributed by atoms with van der Waals surface area (Å²) in [6, 6.07) is 6.04. The van der Waals surface area contributed by atoms with Crippen LogP contribution in [-0.2, 0) is 4.79 Å². The summed E-state index contributed by atoms with van der Waals surface area (Å²) in [6.45, 7) is 4.22. The van der Waals surface area contributed by atoms with Crippen molar-refractivity contribution >= 4 is 17.9 Å². The summed E-state index contributed by atoms with van der Waals surface area (Å²) in [5.41, 5.74) is 8.63. The maximum Gasteiger partial charge on any atom is 0.286 e. The molecule has 138 valence electrons. The van der Waals surface area contributed by atoms with E-state index in [1.807, 2.05) is 0 Å². The fourth-order valence-corrected chi connectivity index (χ4v) is 3.74. The van der Waals surface area contributed by atoms with Crippen molar-refractivity contribution in [3.8, 4) is 0 Å². The van der Waals surface area contributed by atoms with Crippen LogP contribution in [0.4, 0.5) is 0 Å². The highest BCUT2D eigenvalue weighted by atomic mass is 16.2. The van der Waals surface area contributed by atoms with E-state index in [1.54, 1.807) is 24.4 Å². The Labute approximate surface area is 153 Å². The van der Waals surface area contributed by atoms with Crippen LogP contribution in [0.5, 0.6) is 0 Å². The van der Waals surface area contributed by atoms with E-state index in [4.69, 9.17) is 0 Å². The van der Waals surface area contributed by atoms with Gasteiger partial charge in [0, 0.05) is 29.7 Å². The minimum Gasteiger partial charge on any atom is -0.357 e. The monoisotopic (exact) mass is 354 g/mol. The number of aryl methyl sites for hydroxylation is 1. The molecular formula is C20H26N4O2. The largest absolute Gasteiger partial charge is 0.357 e. The molecule has 1 aliphatic rings. The van der Waals surface area contributed by atoms with E-state index in [9.17, 15) is 9.59 Å². The molecule has 3 rings (SSSR count). The smallest absolute Gasteiger partial charge is 0.286 e. The van der Waals surface area contributed by atoms with Crippen molar-refractivity contribution in [2.24, 2.45) is 0 Å². The van der Waals surface area contributed by atoms with Gasteiger partial charge in [0.15, 0.2) is 0 Å². The fourth-order valence-electron chi connectivity index (χ4n) is 3.74. The molecule has 2 aromatic rings. The van der Waals surface area contributed by atoms with Crippen molar-refractivity contribution < 1.29 is 9.59 Å². The first kappa shape index (κ1) is 18.0. The van der Waals surface area contributed by atoms with Gasteiger partial charge < -0.3 is 9.55 Å². The average Bonchev–Trinajstić information content (AvgIpc) is 3.27. The molecule has 0 aromatic carbocycles. The Kier molecular flexibility index (Phi) is 5.61. The summed E-state index contributed by atoms with van der Waals surface area (Å²) in [6.07, 6.45) is 11.3. The van der Waals surface area contributed by atoms with E-state index in [2.05, 4.69) is 40.3 Å². The molecule has 0 radical (unpaired) electrons. The number of H-pyrrole nitrogens is 1. The van der Waals surface area contributed by atoms with Gasteiger partial charge in [-0.2, -0.15) is 0 Å². The number of amides is 2. The third kappa shape index (κ3) is 4.07. The quantitative estimate of drug-likeness (QED) is 0.581. The standard InChI is InChI=1S/C20H26N4O2/c1-14-13-16(15(2)24(14)17-7-4-3-5-8-17)10-11-19(25)22-23-20(26)18-9-6-12-21-18/h6,9-13,17,21H,3-5,7-8H2,1-2H3,(H,22,25)(H,23,26). The van der Waals surface area contributed by atoms with Gasteiger partial charge in [-0.1, -0.05) is 19.3 Å². The van der Waals surface area contributed by atoms with Crippen molar-refractivity contribution in [3.05, 3.63) is 53.1 Å².